The van der Waals surface area contributed by atoms with Crippen molar-refractivity contribution in [1.82, 2.24) is 9.80 Å². The second-order valence-corrected chi connectivity index (χ2v) is 5.92. The maximum absolute atomic E-state index is 11.8. The van der Waals surface area contributed by atoms with Gasteiger partial charge in [0, 0.05) is 13.1 Å². The van der Waals surface area contributed by atoms with Crippen LogP contribution in [-0.2, 0) is 23.4 Å². The number of carboxylic acids is 1. The molecular weight excluding hydrogens is 353 g/mol. The average molecular weight is 371 g/mol. The van der Waals surface area contributed by atoms with E-state index in [1.807, 2.05) is 0 Å². The van der Waals surface area contributed by atoms with Gasteiger partial charge in [-0.1, -0.05) is 0 Å². The largest absolute Gasteiger partial charge is 0.480 e. The van der Waals surface area contributed by atoms with Crippen LogP contribution in [0.15, 0.2) is 0 Å². The van der Waals surface area contributed by atoms with Crippen molar-refractivity contribution in [3.8, 4) is 0 Å². The van der Waals surface area contributed by atoms with Crippen molar-refractivity contribution in [2.45, 2.75) is 6.04 Å². The summed E-state index contributed by atoms with van der Waals surface area (Å²) in [6, 6.07) is -1.44. The number of primary amides is 1. The number of carboxylic acid groups (broad SMARTS) is 1. The third-order valence-electron chi connectivity index (χ3n) is 2.93. The molecule has 1 unspecified atom stereocenters. The molecule has 14 heteroatoms. The first-order chi connectivity index (χ1) is 11.1. The molecule has 0 aliphatic carbocycles. The Hall–Kier alpha value is -1.92. The van der Waals surface area contributed by atoms with Crippen molar-refractivity contribution in [3.05, 3.63) is 0 Å². The van der Waals surface area contributed by atoms with Crippen LogP contribution in [0.1, 0.15) is 0 Å². The highest BCUT2D eigenvalue weighted by molar-refractivity contribution is 7.46. The van der Waals surface area contributed by atoms with Crippen molar-refractivity contribution < 1.29 is 47.8 Å². The summed E-state index contributed by atoms with van der Waals surface area (Å²) in [5.41, 5.74) is 5.21. The topological polar surface area (TPSA) is 189 Å². The molecule has 5 N–H and O–H groups in total. The van der Waals surface area contributed by atoms with E-state index >= 15 is 0 Å². The van der Waals surface area contributed by atoms with Gasteiger partial charge in [0.1, 0.15) is 6.54 Å². The Morgan fingerprint density at radius 2 is 2.04 bits per heavy atom. The molecule has 0 saturated carbocycles. The molecule has 1 atom stereocenters. The minimum Gasteiger partial charge on any atom is -0.480 e. The molecule has 1 aliphatic heterocycles. The third-order valence-corrected chi connectivity index (χ3v) is 3.37. The molecular formula is C10H18N3O10P. The fourth-order valence-electron chi connectivity index (χ4n) is 1.95. The summed E-state index contributed by atoms with van der Waals surface area (Å²) < 4.78 is 24.1. The molecule has 1 fully saturated rings. The van der Waals surface area contributed by atoms with Crippen LogP contribution in [0.3, 0.4) is 0 Å². The molecule has 1 heterocycles. The summed E-state index contributed by atoms with van der Waals surface area (Å²) in [7, 11) is -4.84. The summed E-state index contributed by atoms with van der Waals surface area (Å²) in [5.74, 6) is -1.36. The molecule has 0 aromatic rings. The van der Waals surface area contributed by atoms with Crippen LogP contribution >= 0.6 is 7.82 Å². The van der Waals surface area contributed by atoms with E-state index in [0.717, 1.165) is 4.90 Å². The van der Waals surface area contributed by atoms with Gasteiger partial charge in [-0.3, -0.25) is 9.69 Å². The van der Waals surface area contributed by atoms with Gasteiger partial charge < -0.3 is 35.0 Å². The van der Waals surface area contributed by atoms with Gasteiger partial charge in [-0.2, -0.15) is 0 Å². The number of rotatable bonds is 7. The lowest BCUT2D eigenvalue weighted by molar-refractivity contribution is -0.138. The monoisotopic (exact) mass is 371 g/mol. The molecule has 3 amide bonds. The number of ether oxygens (including phenoxy) is 2. The van der Waals surface area contributed by atoms with E-state index in [1.54, 1.807) is 0 Å². The van der Waals surface area contributed by atoms with Gasteiger partial charge >= 0.3 is 25.9 Å². The van der Waals surface area contributed by atoms with Crippen LogP contribution in [0.25, 0.3) is 0 Å². The third kappa shape index (κ3) is 7.10. The van der Waals surface area contributed by atoms with Crippen molar-refractivity contribution in [3.63, 3.8) is 0 Å². The zero-order valence-electron chi connectivity index (χ0n) is 12.4. The molecule has 0 aromatic carbocycles. The number of nitrogens with zero attached hydrogens (tertiary/aromatic N) is 2. The van der Waals surface area contributed by atoms with Gasteiger partial charge in [0.05, 0.1) is 19.3 Å². The lowest BCUT2D eigenvalue weighted by atomic mass is 10.2. The molecule has 24 heavy (non-hydrogen) atoms. The van der Waals surface area contributed by atoms with Crippen LogP contribution < -0.4 is 5.73 Å². The molecule has 0 aromatic heterocycles. The number of hydrogen-bond acceptors (Lipinski definition) is 7. The highest BCUT2D eigenvalue weighted by Crippen LogP contribution is 2.35. The fourth-order valence-corrected chi connectivity index (χ4v) is 2.14. The quantitative estimate of drug-likeness (QED) is 0.298. The zero-order valence-corrected chi connectivity index (χ0v) is 13.3. The summed E-state index contributed by atoms with van der Waals surface area (Å²) in [6.07, 6.45) is -1.19. The van der Waals surface area contributed by atoms with Crippen LogP contribution in [0.4, 0.5) is 9.59 Å². The van der Waals surface area contributed by atoms with E-state index in [4.69, 9.17) is 25.4 Å². The minimum atomic E-state index is -4.84. The predicted molar refractivity (Wildman–Crippen MR) is 74.6 cm³/mol. The number of carbonyl (C=O) groups is 3. The number of nitrogens with two attached hydrogens (primary N) is 1. The number of morpholine rings is 1. The van der Waals surface area contributed by atoms with Crippen molar-refractivity contribution in [2.24, 2.45) is 5.73 Å². The minimum absolute atomic E-state index is 0.0331. The first kappa shape index (κ1) is 20.1. The van der Waals surface area contributed by atoms with Gasteiger partial charge in [-0.25, -0.2) is 18.7 Å². The van der Waals surface area contributed by atoms with Gasteiger partial charge in [0.2, 0.25) is 6.79 Å². The number of amides is 3. The van der Waals surface area contributed by atoms with Crippen molar-refractivity contribution >= 4 is 25.9 Å². The predicted octanol–water partition coefficient (Wildman–Crippen LogP) is -1.64. The molecule has 138 valence electrons. The Bertz CT molecular complexity index is 523. The molecule has 1 rings (SSSR count). The SMILES string of the molecule is NC(=O)N1CCOCC1CN(CC(=O)O)C(=O)OCOP(=O)(O)O. The standard InChI is InChI=1S/C10H18N3O10P/c11-9(16)13-1-2-21-5-7(13)3-12(4-8(14)15)10(17)22-6-23-24(18,19)20/h7H,1-6H2,(H2,11,16)(H,14,15)(H2,18,19,20). The summed E-state index contributed by atoms with van der Waals surface area (Å²) in [4.78, 5) is 53.0. The molecule has 0 radical (unpaired) electrons. The maximum Gasteiger partial charge on any atom is 0.472 e. The van der Waals surface area contributed by atoms with Crippen LogP contribution in [0.5, 0.6) is 0 Å². The Morgan fingerprint density at radius 1 is 1.38 bits per heavy atom. The van der Waals surface area contributed by atoms with Crippen molar-refractivity contribution in [2.75, 3.05) is 39.6 Å². The fraction of sp³-hybridized carbons (Fsp3) is 0.700. The number of carbonyl (C=O) groups excluding carboxylic acids is 2. The Morgan fingerprint density at radius 3 is 2.58 bits per heavy atom. The van der Waals surface area contributed by atoms with Gasteiger partial charge in [0.25, 0.3) is 0 Å². The van der Waals surface area contributed by atoms with E-state index in [0.29, 0.717) is 0 Å². The second-order valence-electron chi connectivity index (χ2n) is 4.68. The van der Waals surface area contributed by atoms with E-state index in [9.17, 15) is 18.9 Å². The number of phosphoric acid groups is 1. The summed E-state index contributed by atoms with van der Waals surface area (Å²) in [5, 5.41) is 8.85. The maximum atomic E-state index is 11.8. The lowest BCUT2D eigenvalue weighted by Gasteiger charge is -2.36. The Balaban J connectivity index is 2.69. The molecule has 1 aliphatic rings. The number of hydrogen-bond donors (Lipinski definition) is 4. The van der Waals surface area contributed by atoms with Crippen LogP contribution in [0.2, 0.25) is 0 Å². The molecule has 0 spiro atoms. The van der Waals surface area contributed by atoms with Crippen molar-refractivity contribution in [1.29, 1.82) is 0 Å². The van der Waals surface area contributed by atoms with Gasteiger partial charge in [0.15, 0.2) is 0 Å². The second kappa shape index (κ2) is 8.80. The first-order valence-corrected chi connectivity index (χ1v) is 8.10. The highest BCUT2D eigenvalue weighted by Gasteiger charge is 2.31. The van der Waals surface area contributed by atoms with E-state index < -0.39 is 45.3 Å². The van der Waals surface area contributed by atoms with E-state index in [-0.39, 0.29) is 26.3 Å². The van der Waals surface area contributed by atoms with Gasteiger partial charge in [-0.05, 0) is 0 Å². The summed E-state index contributed by atoms with van der Waals surface area (Å²) in [6.45, 7) is -1.64. The van der Waals surface area contributed by atoms with Crippen LogP contribution in [-0.4, -0.2) is 88.5 Å². The first-order valence-electron chi connectivity index (χ1n) is 6.57. The van der Waals surface area contributed by atoms with E-state index in [2.05, 4.69) is 9.26 Å². The number of urea groups is 1. The lowest BCUT2D eigenvalue weighted by Crippen LogP contribution is -2.56. The average Bonchev–Trinajstić information content (AvgIpc) is 2.45. The highest BCUT2D eigenvalue weighted by atomic mass is 31.2. The number of phosphoric ester groups is 1. The molecule has 0 bridgehead atoms. The Labute approximate surface area is 136 Å². The van der Waals surface area contributed by atoms with Crippen LogP contribution in [0, 0.1) is 0 Å². The smallest absolute Gasteiger partial charge is 0.472 e. The normalized spacial score (nSPS) is 18.1. The molecule has 1 saturated heterocycles. The van der Waals surface area contributed by atoms with E-state index in [1.165, 1.54) is 4.90 Å². The summed E-state index contributed by atoms with van der Waals surface area (Å²) >= 11 is 0. The zero-order chi connectivity index (χ0) is 18.3. The Kier molecular flexibility index (Phi) is 7.38. The molecule has 13 nitrogen and oxygen atoms in total. The number of aliphatic carboxylic acids is 1. The van der Waals surface area contributed by atoms with Gasteiger partial charge in [-0.15, -0.1) is 0 Å².